The minimum atomic E-state index is -0.339. The quantitative estimate of drug-likeness (QED) is 0.834. The molecule has 0 unspecified atom stereocenters. The maximum atomic E-state index is 12.5. The number of ether oxygens (including phenoxy) is 1. The van der Waals surface area contributed by atoms with Gasteiger partial charge in [0.15, 0.2) is 0 Å². The molecule has 7 heteroatoms. The Balaban J connectivity index is 2.17. The second kappa shape index (κ2) is 8.67. The summed E-state index contributed by atoms with van der Waals surface area (Å²) in [7, 11) is 1.71. The second-order valence-electron chi connectivity index (χ2n) is 6.16. The Labute approximate surface area is 158 Å². The number of hydrogen-bond acceptors (Lipinski definition) is 4. The Bertz CT molecular complexity index is 808. The van der Waals surface area contributed by atoms with Gasteiger partial charge in [0.25, 0.3) is 5.91 Å². The van der Waals surface area contributed by atoms with Crippen LogP contribution in [0.2, 0.25) is 5.02 Å². The van der Waals surface area contributed by atoms with E-state index in [0.29, 0.717) is 23.7 Å². The lowest BCUT2D eigenvalue weighted by atomic mass is 10.1. The third-order valence-electron chi connectivity index (χ3n) is 3.63. The number of nitrogens with one attached hydrogen (secondary N) is 1. The summed E-state index contributed by atoms with van der Waals surface area (Å²) in [6.45, 7) is 5.63. The third-order valence-corrected chi connectivity index (χ3v) is 3.90. The minimum Gasteiger partial charge on any atom is -0.474 e. The van der Waals surface area contributed by atoms with Crippen LogP contribution in [0.1, 0.15) is 36.7 Å². The molecule has 2 rings (SSSR count). The SMILES string of the molecule is CC(=O)N(C)Cc1ccccc1NC(=O)c1cnc(OC(C)C)c(Cl)c1. The van der Waals surface area contributed by atoms with Crippen molar-refractivity contribution in [1.82, 2.24) is 9.88 Å². The summed E-state index contributed by atoms with van der Waals surface area (Å²) in [6.07, 6.45) is 1.35. The molecule has 1 aromatic heterocycles. The Morgan fingerprint density at radius 2 is 2.00 bits per heavy atom. The number of hydrogen-bond donors (Lipinski definition) is 1. The Morgan fingerprint density at radius 3 is 2.62 bits per heavy atom. The lowest BCUT2D eigenvalue weighted by molar-refractivity contribution is -0.128. The molecule has 1 heterocycles. The number of nitrogens with zero attached hydrogens (tertiary/aromatic N) is 2. The molecule has 6 nitrogen and oxygen atoms in total. The van der Waals surface area contributed by atoms with Crippen LogP contribution in [0.15, 0.2) is 36.5 Å². The monoisotopic (exact) mass is 375 g/mol. The van der Waals surface area contributed by atoms with Crippen LogP contribution in [0.4, 0.5) is 5.69 Å². The van der Waals surface area contributed by atoms with Gasteiger partial charge in [-0.2, -0.15) is 0 Å². The largest absolute Gasteiger partial charge is 0.474 e. The molecule has 0 aliphatic rings. The summed E-state index contributed by atoms with van der Waals surface area (Å²) in [6, 6.07) is 8.84. The number of rotatable bonds is 6. The van der Waals surface area contributed by atoms with Gasteiger partial charge in [-0.1, -0.05) is 29.8 Å². The molecular weight excluding hydrogens is 354 g/mol. The highest BCUT2D eigenvalue weighted by Crippen LogP contribution is 2.24. The van der Waals surface area contributed by atoms with E-state index in [1.807, 2.05) is 32.0 Å². The average Bonchev–Trinajstić information content (AvgIpc) is 2.57. The van der Waals surface area contributed by atoms with Crippen molar-refractivity contribution < 1.29 is 14.3 Å². The summed E-state index contributed by atoms with van der Waals surface area (Å²) >= 11 is 6.14. The van der Waals surface area contributed by atoms with Crippen LogP contribution in [0.25, 0.3) is 0 Å². The van der Waals surface area contributed by atoms with E-state index in [1.54, 1.807) is 18.0 Å². The van der Waals surface area contributed by atoms with Crippen molar-refractivity contribution in [2.24, 2.45) is 0 Å². The van der Waals surface area contributed by atoms with E-state index in [4.69, 9.17) is 16.3 Å². The van der Waals surface area contributed by atoms with Crippen LogP contribution in [0.5, 0.6) is 5.88 Å². The van der Waals surface area contributed by atoms with E-state index in [2.05, 4.69) is 10.3 Å². The second-order valence-corrected chi connectivity index (χ2v) is 6.57. The molecule has 1 N–H and O–H groups in total. The van der Waals surface area contributed by atoms with Crippen molar-refractivity contribution in [2.75, 3.05) is 12.4 Å². The number of aromatic nitrogens is 1. The first kappa shape index (κ1) is 19.7. The smallest absolute Gasteiger partial charge is 0.257 e. The summed E-state index contributed by atoms with van der Waals surface area (Å²) < 4.78 is 5.47. The minimum absolute atomic E-state index is 0.0529. The van der Waals surface area contributed by atoms with Crippen LogP contribution in [-0.2, 0) is 11.3 Å². The van der Waals surface area contributed by atoms with Gasteiger partial charge >= 0.3 is 0 Å². The normalized spacial score (nSPS) is 10.5. The molecule has 2 aromatic rings. The highest BCUT2D eigenvalue weighted by molar-refractivity contribution is 6.32. The molecule has 0 aliphatic heterocycles. The molecule has 0 atom stereocenters. The summed E-state index contributed by atoms with van der Waals surface area (Å²) in [5.41, 5.74) is 1.78. The predicted octanol–water partition coefficient (Wildman–Crippen LogP) is 3.75. The van der Waals surface area contributed by atoms with Gasteiger partial charge < -0.3 is 15.0 Å². The number of halogens is 1. The molecular formula is C19H22ClN3O3. The first-order valence-electron chi connectivity index (χ1n) is 8.21. The fourth-order valence-corrected chi connectivity index (χ4v) is 2.41. The van der Waals surface area contributed by atoms with Gasteiger partial charge in [-0.3, -0.25) is 9.59 Å². The van der Waals surface area contributed by atoms with Crippen LogP contribution < -0.4 is 10.1 Å². The standard InChI is InChI=1S/C19H22ClN3O3/c1-12(2)26-19-16(20)9-15(10-21-19)18(25)22-17-8-6-5-7-14(17)11-23(4)13(3)24/h5-10,12H,11H2,1-4H3,(H,22,25). The van der Waals surface area contributed by atoms with Crippen molar-refractivity contribution in [2.45, 2.75) is 33.4 Å². The molecule has 26 heavy (non-hydrogen) atoms. The zero-order chi connectivity index (χ0) is 19.3. The zero-order valence-electron chi connectivity index (χ0n) is 15.2. The average molecular weight is 376 g/mol. The number of anilines is 1. The topological polar surface area (TPSA) is 71.5 Å². The van der Waals surface area contributed by atoms with Crippen LogP contribution in [0, 0.1) is 0 Å². The third kappa shape index (κ3) is 5.20. The number of benzene rings is 1. The van der Waals surface area contributed by atoms with Crippen molar-refractivity contribution >= 4 is 29.1 Å². The predicted molar refractivity (Wildman–Crippen MR) is 102 cm³/mol. The van der Waals surface area contributed by atoms with Gasteiger partial charge in [-0.25, -0.2) is 4.98 Å². The first-order chi connectivity index (χ1) is 12.3. The molecule has 1 aromatic carbocycles. The van der Waals surface area contributed by atoms with Crippen molar-refractivity contribution in [3.63, 3.8) is 0 Å². The molecule has 0 spiro atoms. The summed E-state index contributed by atoms with van der Waals surface area (Å²) in [5.74, 6) is -0.0991. The van der Waals surface area contributed by atoms with Crippen LogP contribution in [-0.4, -0.2) is 34.8 Å². The Kier molecular flexibility index (Phi) is 6.58. The Morgan fingerprint density at radius 1 is 1.31 bits per heavy atom. The van der Waals surface area contributed by atoms with Gasteiger partial charge in [0.05, 0.1) is 11.7 Å². The van der Waals surface area contributed by atoms with Gasteiger partial charge in [0.1, 0.15) is 5.02 Å². The lowest BCUT2D eigenvalue weighted by Crippen LogP contribution is -2.24. The lowest BCUT2D eigenvalue weighted by Gasteiger charge is -2.18. The van der Waals surface area contributed by atoms with E-state index in [9.17, 15) is 9.59 Å². The molecule has 0 aliphatic carbocycles. The highest BCUT2D eigenvalue weighted by Gasteiger charge is 2.14. The van der Waals surface area contributed by atoms with Crippen molar-refractivity contribution in [3.8, 4) is 5.88 Å². The molecule has 0 saturated carbocycles. The maximum Gasteiger partial charge on any atom is 0.257 e. The van der Waals surface area contributed by atoms with Crippen molar-refractivity contribution in [3.05, 3.63) is 52.7 Å². The fraction of sp³-hybridized carbons (Fsp3) is 0.316. The van der Waals surface area contributed by atoms with Gasteiger partial charge in [-0.05, 0) is 31.5 Å². The van der Waals surface area contributed by atoms with Gasteiger partial charge in [0, 0.05) is 32.4 Å². The highest BCUT2D eigenvalue weighted by atomic mass is 35.5. The number of carbonyl (C=O) groups excluding carboxylic acids is 2. The molecule has 0 fully saturated rings. The summed E-state index contributed by atoms with van der Waals surface area (Å²) in [4.78, 5) is 29.7. The van der Waals surface area contributed by atoms with E-state index in [1.165, 1.54) is 19.2 Å². The number of pyridine rings is 1. The fourth-order valence-electron chi connectivity index (χ4n) is 2.20. The van der Waals surface area contributed by atoms with E-state index < -0.39 is 0 Å². The number of amides is 2. The van der Waals surface area contributed by atoms with E-state index >= 15 is 0 Å². The molecule has 0 saturated heterocycles. The van der Waals surface area contributed by atoms with Gasteiger partial charge in [-0.15, -0.1) is 0 Å². The molecule has 0 radical (unpaired) electrons. The molecule has 138 valence electrons. The van der Waals surface area contributed by atoms with E-state index in [0.717, 1.165) is 5.56 Å². The molecule has 2 amide bonds. The first-order valence-corrected chi connectivity index (χ1v) is 8.59. The number of carbonyl (C=O) groups is 2. The van der Waals surface area contributed by atoms with Crippen LogP contribution >= 0.6 is 11.6 Å². The summed E-state index contributed by atoms with van der Waals surface area (Å²) in [5, 5.41) is 3.12. The van der Waals surface area contributed by atoms with Crippen molar-refractivity contribution in [1.29, 1.82) is 0 Å². The van der Waals surface area contributed by atoms with Crippen LogP contribution in [0.3, 0.4) is 0 Å². The maximum absolute atomic E-state index is 12.5. The van der Waals surface area contributed by atoms with Gasteiger partial charge in [0.2, 0.25) is 11.8 Å². The number of para-hydroxylation sites is 1. The Hall–Kier alpha value is -2.60. The molecule has 0 bridgehead atoms. The van der Waals surface area contributed by atoms with E-state index in [-0.39, 0.29) is 22.9 Å². The zero-order valence-corrected chi connectivity index (χ0v) is 16.0.